The molecule has 0 aromatic heterocycles. The highest BCUT2D eigenvalue weighted by Crippen LogP contribution is 2.26. The molecule has 0 radical (unpaired) electrons. The fraction of sp³-hybridized carbons (Fsp3) is 0.643. The molecule has 0 aliphatic rings. The van der Waals surface area contributed by atoms with Crippen molar-refractivity contribution in [3.63, 3.8) is 0 Å². The average molecular weight is 207 g/mol. The summed E-state index contributed by atoms with van der Waals surface area (Å²) in [5.41, 5.74) is 1.47. The first-order valence-electron chi connectivity index (χ1n) is 5.51. The molecule has 0 fully saturated rings. The van der Waals surface area contributed by atoms with Gasteiger partial charge in [0.25, 0.3) is 0 Å². The average Bonchev–Trinajstić information content (AvgIpc) is 1.99. The maximum atomic E-state index is 4.05. The van der Waals surface area contributed by atoms with Crippen LogP contribution in [0.5, 0.6) is 0 Å². The predicted octanol–water partition coefficient (Wildman–Crippen LogP) is 4.61. The van der Waals surface area contributed by atoms with Gasteiger partial charge in [-0.3, -0.25) is 4.99 Å². The fourth-order valence-electron chi connectivity index (χ4n) is 1.12. The topological polar surface area (TPSA) is 12.4 Å². The lowest BCUT2D eigenvalue weighted by atomic mass is 9.90. The molecule has 1 nitrogen and oxygen atoms in total. The second-order valence-electron chi connectivity index (χ2n) is 6.15. The van der Waals surface area contributed by atoms with E-state index in [0.717, 1.165) is 12.1 Å². The van der Waals surface area contributed by atoms with E-state index in [1.54, 1.807) is 0 Å². The number of hydrogen-bond acceptors (Lipinski definition) is 1. The van der Waals surface area contributed by atoms with Gasteiger partial charge in [0.1, 0.15) is 0 Å². The van der Waals surface area contributed by atoms with Crippen molar-refractivity contribution in [2.24, 2.45) is 15.8 Å². The van der Waals surface area contributed by atoms with E-state index in [2.05, 4.69) is 71.5 Å². The number of rotatable bonds is 3. The van der Waals surface area contributed by atoms with Crippen LogP contribution < -0.4 is 0 Å². The molecule has 0 amide bonds. The van der Waals surface area contributed by atoms with Gasteiger partial charge in [0.15, 0.2) is 0 Å². The van der Waals surface area contributed by atoms with Crippen molar-refractivity contribution in [1.29, 1.82) is 0 Å². The summed E-state index contributed by atoms with van der Waals surface area (Å²) >= 11 is 0. The Bertz CT molecular complexity index is 256. The van der Waals surface area contributed by atoms with E-state index in [1.165, 1.54) is 0 Å². The summed E-state index contributed by atoms with van der Waals surface area (Å²) in [5.74, 6) is 0. The molecular weight excluding hydrogens is 182 g/mol. The molecule has 0 aliphatic carbocycles. The largest absolute Gasteiger partial charge is 0.269 e. The first-order valence-corrected chi connectivity index (χ1v) is 5.51. The molecule has 1 heteroatoms. The Hall–Kier alpha value is -0.850. The van der Waals surface area contributed by atoms with E-state index in [4.69, 9.17) is 0 Å². The predicted molar refractivity (Wildman–Crippen MR) is 70.3 cm³/mol. The van der Waals surface area contributed by atoms with Gasteiger partial charge >= 0.3 is 0 Å². The van der Waals surface area contributed by atoms with E-state index < -0.39 is 0 Å². The summed E-state index contributed by atoms with van der Waals surface area (Å²) in [4.78, 5) is 4.05. The maximum absolute atomic E-state index is 4.05. The monoisotopic (exact) mass is 207 g/mol. The Labute approximate surface area is 95.0 Å². The van der Waals surface area contributed by atoms with Gasteiger partial charge in [-0.15, -0.1) is 0 Å². The molecule has 0 saturated carbocycles. The van der Waals surface area contributed by atoms with Crippen molar-refractivity contribution in [1.82, 2.24) is 0 Å². The van der Waals surface area contributed by atoms with E-state index in [9.17, 15) is 0 Å². The normalized spacial score (nSPS) is 14.7. The van der Waals surface area contributed by atoms with Crippen molar-refractivity contribution in [3.8, 4) is 0 Å². The molecular formula is C14H25N. The van der Waals surface area contributed by atoms with Gasteiger partial charge in [-0.1, -0.05) is 53.7 Å². The Morgan fingerprint density at radius 3 is 2.00 bits per heavy atom. The lowest BCUT2D eigenvalue weighted by molar-refractivity contribution is 0.420. The summed E-state index contributed by atoms with van der Waals surface area (Å²) < 4.78 is 0. The molecule has 0 aromatic rings. The van der Waals surface area contributed by atoms with Crippen LogP contribution in [0, 0.1) is 10.8 Å². The molecule has 0 saturated heterocycles. The smallest absolute Gasteiger partial charge is 0.0449 e. The van der Waals surface area contributed by atoms with Gasteiger partial charge in [-0.25, -0.2) is 0 Å². The Morgan fingerprint density at radius 2 is 1.67 bits per heavy atom. The fourth-order valence-corrected chi connectivity index (χ4v) is 1.12. The highest BCUT2D eigenvalue weighted by molar-refractivity contribution is 5.32. The summed E-state index contributed by atoms with van der Waals surface area (Å²) in [6, 6.07) is 0. The van der Waals surface area contributed by atoms with Crippen LogP contribution in [0.4, 0.5) is 0 Å². The van der Waals surface area contributed by atoms with E-state index in [0.29, 0.717) is 5.41 Å². The zero-order valence-electron chi connectivity index (χ0n) is 11.1. The Balaban J connectivity index is 4.44. The molecule has 0 unspecified atom stereocenters. The molecule has 0 bridgehead atoms. The van der Waals surface area contributed by atoms with Crippen molar-refractivity contribution in [2.45, 2.75) is 48.0 Å². The summed E-state index contributed by atoms with van der Waals surface area (Å²) in [7, 11) is 0. The van der Waals surface area contributed by atoms with Crippen LogP contribution >= 0.6 is 0 Å². The molecule has 0 aliphatic heterocycles. The number of aliphatic imine (C=N–C) groups is 1. The van der Waals surface area contributed by atoms with Crippen molar-refractivity contribution in [2.75, 3.05) is 0 Å². The lowest BCUT2D eigenvalue weighted by Crippen LogP contribution is -2.07. The zero-order chi connectivity index (χ0) is 12.1. The minimum atomic E-state index is 0.0772. The van der Waals surface area contributed by atoms with Crippen molar-refractivity contribution in [3.05, 3.63) is 23.9 Å². The van der Waals surface area contributed by atoms with Gasteiger partial charge in [-0.2, -0.15) is 0 Å². The molecule has 0 aromatic carbocycles. The van der Waals surface area contributed by atoms with Gasteiger partial charge in [-0.05, 0) is 24.6 Å². The van der Waals surface area contributed by atoms with Gasteiger partial charge in [0.05, 0.1) is 0 Å². The number of nitrogens with zero attached hydrogens (tertiary/aromatic N) is 1. The second kappa shape index (κ2) is 5.29. The van der Waals surface area contributed by atoms with Crippen molar-refractivity contribution < 1.29 is 0 Å². The molecule has 0 atom stereocenters. The van der Waals surface area contributed by atoms with E-state index in [1.807, 2.05) is 0 Å². The van der Waals surface area contributed by atoms with Gasteiger partial charge < -0.3 is 0 Å². The third-order valence-electron chi connectivity index (χ3n) is 2.06. The first-order chi connectivity index (χ1) is 6.67. The highest BCUT2D eigenvalue weighted by Gasteiger charge is 2.14. The first kappa shape index (κ1) is 14.2. The summed E-state index contributed by atoms with van der Waals surface area (Å²) in [6.45, 7) is 16.7. The van der Waals surface area contributed by atoms with Crippen LogP contribution in [0.25, 0.3) is 0 Å². The second-order valence-corrected chi connectivity index (χ2v) is 6.15. The summed E-state index contributed by atoms with van der Waals surface area (Å²) in [5, 5.41) is 0. The minimum Gasteiger partial charge on any atom is -0.269 e. The maximum Gasteiger partial charge on any atom is 0.0449 e. The Morgan fingerprint density at radius 1 is 1.13 bits per heavy atom. The summed E-state index contributed by atoms with van der Waals surface area (Å²) in [6.07, 6.45) is 7.41. The molecule has 86 valence electrons. The quantitative estimate of drug-likeness (QED) is 0.473. The van der Waals surface area contributed by atoms with Crippen LogP contribution in [0.1, 0.15) is 48.0 Å². The van der Waals surface area contributed by atoms with Crippen LogP contribution in [0.15, 0.2) is 28.9 Å². The molecule has 15 heavy (non-hydrogen) atoms. The Kier molecular flexibility index (Phi) is 4.99. The van der Waals surface area contributed by atoms with Crippen LogP contribution in [-0.4, -0.2) is 6.72 Å². The number of hydrogen-bond donors (Lipinski definition) is 0. The SMILES string of the molecule is C=N/C(=C\C=C/CC(C)(C)C)C(C)(C)C. The zero-order valence-corrected chi connectivity index (χ0v) is 11.1. The van der Waals surface area contributed by atoms with Crippen LogP contribution in [0.3, 0.4) is 0 Å². The third-order valence-corrected chi connectivity index (χ3v) is 2.06. The molecule has 0 heterocycles. The van der Waals surface area contributed by atoms with Crippen LogP contribution in [0.2, 0.25) is 0 Å². The van der Waals surface area contributed by atoms with Gasteiger partial charge in [0.2, 0.25) is 0 Å². The molecule has 0 N–H and O–H groups in total. The lowest BCUT2D eigenvalue weighted by Gasteiger charge is -2.18. The van der Waals surface area contributed by atoms with Gasteiger partial charge in [0, 0.05) is 11.1 Å². The third kappa shape index (κ3) is 7.12. The molecule has 0 rings (SSSR count). The number of allylic oxidation sites excluding steroid dienone is 4. The van der Waals surface area contributed by atoms with Crippen LogP contribution in [-0.2, 0) is 0 Å². The standard InChI is InChI=1S/C14H25N/c1-13(2,3)11-9-8-10-12(15-7)14(4,5)6/h8-10H,7,11H2,1-6H3/b9-8-,12-10-. The van der Waals surface area contributed by atoms with E-state index >= 15 is 0 Å². The van der Waals surface area contributed by atoms with Crippen molar-refractivity contribution >= 4 is 6.72 Å². The molecule has 0 spiro atoms. The van der Waals surface area contributed by atoms with E-state index in [-0.39, 0.29) is 5.41 Å². The highest BCUT2D eigenvalue weighted by atomic mass is 14.7. The minimum absolute atomic E-state index is 0.0772.